The van der Waals surface area contributed by atoms with E-state index in [1.54, 1.807) is 31.2 Å². The molecule has 0 radical (unpaired) electrons. The maximum atomic E-state index is 12.6. The summed E-state index contributed by atoms with van der Waals surface area (Å²) in [4.78, 5) is 23.3. The Morgan fingerprint density at radius 3 is 2.56 bits per heavy atom. The molecule has 1 aliphatic rings. The minimum Gasteiger partial charge on any atom is -0.490 e. The summed E-state index contributed by atoms with van der Waals surface area (Å²) in [6.45, 7) is 1.73. The van der Waals surface area contributed by atoms with Gasteiger partial charge in [0.2, 0.25) is 0 Å². The van der Waals surface area contributed by atoms with Crippen LogP contribution < -0.4 is 9.75 Å². The summed E-state index contributed by atoms with van der Waals surface area (Å²) in [6, 6.07) is 13.6. The zero-order valence-electron chi connectivity index (χ0n) is 13.7. The van der Waals surface area contributed by atoms with Gasteiger partial charge in [0.1, 0.15) is 0 Å². The van der Waals surface area contributed by atoms with Crippen molar-refractivity contribution in [3.05, 3.63) is 69.8 Å². The van der Waals surface area contributed by atoms with E-state index in [1.807, 2.05) is 18.2 Å². The number of para-hydroxylation sites is 1. The molecule has 0 unspecified atom stereocenters. The van der Waals surface area contributed by atoms with Crippen molar-refractivity contribution in [1.29, 1.82) is 0 Å². The van der Waals surface area contributed by atoms with Crippen molar-refractivity contribution in [2.24, 2.45) is 5.10 Å². The molecule has 0 fully saturated rings. The predicted molar refractivity (Wildman–Crippen MR) is 94.7 cm³/mol. The molecule has 0 aromatic heterocycles. The summed E-state index contributed by atoms with van der Waals surface area (Å²) in [6.07, 6.45) is 1.59. The summed E-state index contributed by atoms with van der Waals surface area (Å²) < 4.78 is 4.99. The smallest absolute Gasteiger partial charge is 0.311 e. The molecule has 1 heterocycles. The van der Waals surface area contributed by atoms with Crippen molar-refractivity contribution in [2.75, 3.05) is 12.1 Å². The second-order valence-corrected chi connectivity index (χ2v) is 5.38. The van der Waals surface area contributed by atoms with Gasteiger partial charge in [0.15, 0.2) is 5.75 Å². The van der Waals surface area contributed by atoms with Gasteiger partial charge < -0.3 is 4.74 Å². The first kappa shape index (κ1) is 16.4. The third-order valence-electron chi connectivity index (χ3n) is 3.77. The molecule has 1 aliphatic heterocycles. The van der Waals surface area contributed by atoms with E-state index in [2.05, 4.69) is 5.10 Å². The first-order valence-corrected chi connectivity index (χ1v) is 7.50. The number of methoxy groups -OCH3 is 1. The lowest BCUT2D eigenvalue weighted by Crippen LogP contribution is -2.21. The van der Waals surface area contributed by atoms with Crippen LogP contribution in [0.2, 0.25) is 0 Å². The van der Waals surface area contributed by atoms with Gasteiger partial charge in [-0.2, -0.15) is 10.1 Å². The minimum atomic E-state index is -0.519. The summed E-state index contributed by atoms with van der Waals surface area (Å²) in [5.74, 6) is -0.108. The second kappa shape index (κ2) is 6.56. The summed E-state index contributed by atoms with van der Waals surface area (Å²) in [7, 11) is 1.37. The van der Waals surface area contributed by atoms with Crippen molar-refractivity contribution < 1.29 is 14.5 Å². The highest BCUT2D eigenvalue weighted by molar-refractivity contribution is 6.32. The Hall–Kier alpha value is -3.48. The lowest BCUT2D eigenvalue weighted by atomic mass is 10.1. The maximum absolute atomic E-state index is 12.6. The van der Waals surface area contributed by atoms with Crippen molar-refractivity contribution in [1.82, 2.24) is 0 Å². The van der Waals surface area contributed by atoms with Crippen LogP contribution in [0, 0.1) is 10.1 Å². The SMILES string of the molecule is COc1ccc(C=C2C(=O)N(c3ccccc3)N=C2C)cc1[N+](=O)[O-]. The predicted octanol–water partition coefficient (Wildman–Crippen LogP) is 3.41. The number of benzene rings is 2. The number of hydrogen-bond donors (Lipinski definition) is 0. The summed E-state index contributed by atoms with van der Waals surface area (Å²) in [5.41, 5.74) is 1.98. The first-order valence-electron chi connectivity index (χ1n) is 7.50. The zero-order valence-corrected chi connectivity index (χ0v) is 13.7. The number of rotatable bonds is 4. The molecule has 0 spiro atoms. The fourth-order valence-electron chi connectivity index (χ4n) is 2.53. The number of nitro benzene ring substituents is 1. The van der Waals surface area contributed by atoms with Crippen LogP contribution in [0.1, 0.15) is 12.5 Å². The standard InChI is InChI=1S/C18H15N3O4/c1-12-15(18(22)20(19-12)14-6-4-3-5-7-14)10-13-8-9-17(25-2)16(11-13)21(23)24/h3-11H,1-2H3. The number of hydrazone groups is 1. The Morgan fingerprint density at radius 1 is 1.20 bits per heavy atom. The molecule has 0 atom stereocenters. The van der Waals surface area contributed by atoms with Crippen LogP contribution in [-0.4, -0.2) is 23.7 Å². The van der Waals surface area contributed by atoms with Crippen molar-refractivity contribution >= 4 is 29.1 Å². The Bertz CT molecular complexity index is 904. The first-order chi connectivity index (χ1) is 12.0. The lowest BCUT2D eigenvalue weighted by Gasteiger charge is -2.11. The third kappa shape index (κ3) is 3.12. The van der Waals surface area contributed by atoms with E-state index >= 15 is 0 Å². The molecule has 0 N–H and O–H groups in total. The average Bonchev–Trinajstić information content (AvgIpc) is 2.90. The van der Waals surface area contributed by atoms with Crippen molar-refractivity contribution in [3.63, 3.8) is 0 Å². The van der Waals surface area contributed by atoms with E-state index in [1.165, 1.54) is 24.3 Å². The molecule has 7 nitrogen and oxygen atoms in total. The summed E-state index contributed by atoms with van der Waals surface area (Å²) in [5, 5.41) is 16.7. The molecule has 0 bridgehead atoms. The fraction of sp³-hybridized carbons (Fsp3) is 0.111. The molecule has 2 aromatic rings. The van der Waals surface area contributed by atoms with E-state index in [-0.39, 0.29) is 17.3 Å². The number of hydrogen-bond acceptors (Lipinski definition) is 5. The Labute approximate surface area is 144 Å². The molecule has 0 saturated heterocycles. The molecule has 126 valence electrons. The number of ether oxygens (including phenoxy) is 1. The highest BCUT2D eigenvalue weighted by Gasteiger charge is 2.28. The second-order valence-electron chi connectivity index (χ2n) is 5.38. The van der Waals surface area contributed by atoms with Gasteiger partial charge in [-0.05, 0) is 36.8 Å². The molecular weight excluding hydrogens is 322 g/mol. The molecule has 3 rings (SSSR count). The van der Waals surface area contributed by atoms with Gasteiger partial charge in [0, 0.05) is 6.07 Å². The van der Waals surface area contributed by atoms with Gasteiger partial charge in [-0.15, -0.1) is 0 Å². The van der Waals surface area contributed by atoms with Gasteiger partial charge in [-0.1, -0.05) is 24.3 Å². The highest BCUT2D eigenvalue weighted by atomic mass is 16.6. The van der Waals surface area contributed by atoms with Crippen LogP contribution in [-0.2, 0) is 4.79 Å². The Kier molecular flexibility index (Phi) is 4.30. The molecule has 1 amide bonds. The van der Waals surface area contributed by atoms with Crippen LogP contribution in [0.5, 0.6) is 5.75 Å². The fourth-order valence-corrected chi connectivity index (χ4v) is 2.53. The largest absolute Gasteiger partial charge is 0.490 e. The summed E-state index contributed by atoms with van der Waals surface area (Å²) >= 11 is 0. The molecule has 0 saturated carbocycles. The molecule has 0 aliphatic carbocycles. The molecule has 25 heavy (non-hydrogen) atoms. The monoisotopic (exact) mass is 337 g/mol. The van der Waals surface area contributed by atoms with Crippen molar-refractivity contribution in [3.8, 4) is 5.75 Å². The Morgan fingerprint density at radius 2 is 1.92 bits per heavy atom. The lowest BCUT2D eigenvalue weighted by molar-refractivity contribution is -0.385. The van der Waals surface area contributed by atoms with Gasteiger partial charge >= 0.3 is 5.69 Å². The number of carbonyl (C=O) groups is 1. The third-order valence-corrected chi connectivity index (χ3v) is 3.77. The number of anilines is 1. The van der Waals surface area contributed by atoms with Gasteiger partial charge in [-0.25, -0.2) is 0 Å². The topological polar surface area (TPSA) is 85.0 Å². The van der Waals surface area contributed by atoms with E-state index in [0.29, 0.717) is 22.5 Å². The van der Waals surface area contributed by atoms with Gasteiger partial charge in [0.05, 0.1) is 29.0 Å². The Balaban J connectivity index is 1.97. The highest BCUT2D eigenvalue weighted by Crippen LogP contribution is 2.30. The number of amides is 1. The zero-order chi connectivity index (χ0) is 18.0. The quantitative estimate of drug-likeness (QED) is 0.486. The van der Waals surface area contributed by atoms with E-state index in [9.17, 15) is 14.9 Å². The molecule has 7 heteroatoms. The van der Waals surface area contributed by atoms with E-state index < -0.39 is 4.92 Å². The van der Waals surface area contributed by atoms with E-state index in [4.69, 9.17) is 4.74 Å². The number of carbonyl (C=O) groups excluding carboxylic acids is 1. The van der Waals surface area contributed by atoms with E-state index in [0.717, 1.165) is 0 Å². The van der Waals surface area contributed by atoms with Crippen LogP contribution in [0.25, 0.3) is 6.08 Å². The average molecular weight is 337 g/mol. The molecular formula is C18H15N3O4. The molecule has 2 aromatic carbocycles. The number of nitro groups is 1. The van der Waals surface area contributed by atoms with Crippen molar-refractivity contribution in [2.45, 2.75) is 6.92 Å². The van der Waals surface area contributed by atoms with Crippen LogP contribution in [0.15, 0.2) is 59.2 Å². The maximum Gasteiger partial charge on any atom is 0.311 e. The van der Waals surface area contributed by atoms with Crippen LogP contribution in [0.4, 0.5) is 11.4 Å². The normalized spacial score (nSPS) is 15.4. The minimum absolute atomic E-state index is 0.156. The van der Waals surface area contributed by atoms with Gasteiger partial charge in [-0.3, -0.25) is 14.9 Å². The van der Waals surface area contributed by atoms with Crippen LogP contribution >= 0.6 is 0 Å². The van der Waals surface area contributed by atoms with Crippen LogP contribution in [0.3, 0.4) is 0 Å². The number of nitrogens with zero attached hydrogens (tertiary/aromatic N) is 3. The van der Waals surface area contributed by atoms with Gasteiger partial charge in [0.25, 0.3) is 5.91 Å².